The molecular formula is C5H11NO3S. The number of aliphatic hydroxyl groups excluding tert-OH is 1. The molecule has 0 aliphatic heterocycles. The van der Waals surface area contributed by atoms with Crippen molar-refractivity contribution >= 4 is 12.2 Å². The van der Waals surface area contributed by atoms with E-state index in [1.54, 1.807) is 0 Å². The second kappa shape index (κ2) is 6.98. The molecule has 5 heteroatoms. The summed E-state index contributed by atoms with van der Waals surface area (Å²) >= 11 is 0.548. The summed E-state index contributed by atoms with van der Waals surface area (Å²) in [5.41, 5.74) is 0. The van der Waals surface area contributed by atoms with Crippen LogP contribution < -0.4 is 0 Å². The lowest BCUT2D eigenvalue weighted by Gasteiger charge is -2.04. The molecule has 0 saturated carbocycles. The fourth-order valence-electron chi connectivity index (χ4n) is 0.399. The van der Waals surface area contributed by atoms with Crippen molar-refractivity contribution in [1.29, 1.82) is 0 Å². The van der Waals surface area contributed by atoms with Gasteiger partial charge >= 0.3 is 0 Å². The van der Waals surface area contributed by atoms with E-state index in [0.717, 1.165) is 6.42 Å². The highest BCUT2D eigenvalue weighted by Gasteiger charge is 1.98. The summed E-state index contributed by atoms with van der Waals surface area (Å²) in [6.45, 7) is 2.52. The van der Waals surface area contributed by atoms with E-state index in [1.165, 1.54) is 0 Å². The molecule has 0 aromatic rings. The fraction of sp³-hybridized carbons (Fsp3) is 1.00. The van der Waals surface area contributed by atoms with Crippen LogP contribution in [0.25, 0.3) is 0 Å². The molecule has 0 bridgehead atoms. The van der Waals surface area contributed by atoms with Crippen LogP contribution in [0.3, 0.4) is 0 Å². The summed E-state index contributed by atoms with van der Waals surface area (Å²) in [5.74, 6) is 0.229. The van der Waals surface area contributed by atoms with Crippen LogP contribution in [0.15, 0.2) is 4.58 Å². The summed E-state index contributed by atoms with van der Waals surface area (Å²) < 4.78 is 7.12. The van der Waals surface area contributed by atoms with E-state index in [1.807, 2.05) is 6.92 Å². The third-order valence-corrected chi connectivity index (χ3v) is 1.42. The molecule has 4 nitrogen and oxygen atoms in total. The average Bonchev–Trinajstić information content (AvgIpc) is 1.98. The Labute approximate surface area is 64.3 Å². The van der Waals surface area contributed by atoms with Crippen LogP contribution in [0, 0.1) is 10.8 Å². The maximum absolute atomic E-state index is 9.46. The molecule has 1 atom stereocenters. The molecule has 0 rings (SSSR count). The van der Waals surface area contributed by atoms with Crippen LogP contribution >= 0.6 is 12.2 Å². The minimum Gasteiger partial charge on any atom is -0.396 e. The van der Waals surface area contributed by atoms with Crippen LogP contribution in [0.1, 0.15) is 13.3 Å². The Morgan fingerprint density at radius 3 is 3.00 bits per heavy atom. The van der Waals surface area contributed by atoms with Crippen molar-refractivity contribution < 1.29 is 9.29 Å². The van der Waals surface area contributed by atoms with Gasteiger partial charge in [-0.3, -0.25) is 4.18 Å². The largest absolute Gasteiger partial charge is 0.396 e. The molecule has 0 heterocycles. The number of rotatable bonds is 6. The Hall–Kier alpha value is -0.130. The van der Waals surface area contributed by atoms with Gasteiger partial charge < -0.3 is 5.11 Å². The maximum atomic E-state index is 9.46. The number of hydrogen-bond donors (Lipinski definition) is 1. The van der Waals surface area contributed by atoms with E-state index in [2.05, 4.69) is 8.77 Å². The van der Waals surface area contributed by atoms with Gasteiger partial charge in [-0.25, -0.2) is 0 Å². The fourth-order valence-corrected chi connectivity index (χ4v) is 0.613. The van der Waals surface area contributed by atoms with Crippen molar-refractivity contribution in [2.75, 3.05) is 13.2 Å². The van der Waals surface area contributed by atoms with Gasteiger partial charge in [-0.15, -0.1) is 4.91 Å². The van der Waals surface area contributed by atoms with E-state index in [9.17, 15) is 4.91 Å². The first-order chi connectivity index (χ1) is 4.81. The van der Waals surface area contributed by atoms with Gasteiger partial charge in [-0.2, -0.15) is 0 Å². The topological polar surface area (TPSA) is 58.9 Å². The predicted molar refractivity (Wildman–Crippen MR) is 40.2 cm³/mol. The van der Waals surface area contributed by atoms with E-state index in [4.69, 9.17) is 5.11 Å². The van der Waals surface area contributed by atoms with E-state index < -0.39 is 0 Å². The Bertz CT molecular complexity index is 91.0. The molecule has 0 radical (unpaired) electrons. The van der Waals surface area contributed by atoms with Gasteiger partial charge in [0.1, 0.15) is 0 Å². The van der Waals surface area contributed by atoms with Crippen molar-refractivity contribution in [3.05, 3.63) is 4.91 Å². The number of nitrogens with zero attached hydrogens (tertiary/aromatic N) is 1. The molecule has 0 aliphatic rings. The summed E-state index contributed by atoms with van der Waals surface area (Å²) in [6.07, 6.45) is 0.749. The summed E-state index contributed by atoms with van der Waals surface area (Å²) in [4.78, 5) is 9.46. The molecule has 1 N–H and O–H groups in total. The first-order valence-electron chi connectivity index (χ1n) is 3.03. The van der Waals surface area contributed by atoms with Gasteiger partial charge in [-0.05, 0) is 12.3 Å². The van der Waals surface area contributed by atoms with Crippen LogP contribution in [-0.4, -0.2) is 18.3 Å². The SMILES string of the molecule is CC(CO)CCOSN=O. The van der Waals surface area contributed by atoms with Crippen LogP contribution in [-0.2, 0) is 4.18 Å². The van der Waals surface area contributed by atoms with Crippen molar-refractivity contribution in [1.82, 2.24) is 0 Å². The molecule has 10 heavy (non-hydrogen) atoms. The van der Waals surface area contributed by atoms with Crippen molar-refractivity contribution in [3.63, 3.8) is 0 Å². The van der Waals surface area contributed by atoms with E-state index in [-0.39, 0.29) is 12.5 Å². The molecule has 0 fully saturated rings. The van der Waals surface area contributed by atoms with Crippen molar-refractivity contribution in [2.24, 2.45) is 10.5 Å². The average molecular weight is 165 g/mol. The molecule has 0 aromatic carbocycles. The smallest absolute Gasteiger partial charge is 0.181 e. The maximum Gasteiger partial charge on any atom is 0.181 e. The Kier molecular flexibility index (Phi) is 6.89. The number of aliphatic hydroxyl groups is 1. The molecule has 0 amide bonds. The zero-order valence-corrected chi connectivity index (χ0v) is 6.63. The lowest BCUT2D eigenvalue weighted by Crippen LogP contribution is -2.03. The van der Waals surface area contributed by atoms with E-state index in [0.29, 0.717) is 18.8 Å². The third kappa shape index (κ3) is 6.00. The first-order valence-corrected chi connectivity index (χ1v) is 3.73. The lowest BCUT2D eigenvalue weighted by atomic mass is 10.1. The Morgan fingerprint density at radius 1 is 1.80 bits per heavy atom. The quantitative estimate of drug-likeness (QED) is 0.279. The van der Waals surface area contributed by atoms with Gasteiger partial charge in [-0.1, -0.05) is 6.92 Å². The number of nitroso groups, excluding NO2 is 1. The summed E-state index contributed by atoms with van der Waals surface area (Å²) in [6, 6.07) is 0. The van der Waals surface area contributed by atoms with Gasteiger partial charge in [0, 0.05) is 11.2 Å². The van der Waals surface area contributed by atoms with Gasteiger partial charge in [0.2, 0.25) is 0 Å². The van der Waals surface area contributed by atoms with Crippen molar-refractivity contribution in [2.45, 2.75) is 13.3 Å². The summed E-state index contributed by atoms with van der Waals surface area (Å²) in [5, 5.41) is 8.54. The zero-order chi connectivity index (χ0) is 7.82. The third-order valence-electron chi connectivity index (χ3n) is 1.09. The Morgan fingerprint density at radius 2 is 2.50 bits per heavy atom. The second-order valence-corrected chi connectivity index (χ2v) is 2.58. The lowest BCUT2D eigenvalue weighted by molar-refractivity contribution is 0.210. The van der Waals surface area contributed by atoms with Gasteiger partial charge in [0.15, 0.2) is 12.2 Å². The highest BCUT2D eigenvalue weighted by molar-refractivity contribution is 7.93. The van der Waals surface area contributed by atoms with Crippen LogP contribution in [0.4, 0.5) is 0 Å². The van der Waals surface area contributed by atoms with Gasteiger partial charge in [0.25, 0.3) is 0 Å². The standard InChI is InChI=1S/C5H11NO3S/c1-5(4-7)2-3-9-10-6-8/h5,7H,2-4H2,1H3. The number of hydrogen-bond acceptors (Lipinski definition) is 5. The highest BCUT2D eigenvalue weighted by atomic mass is 32.2. The molecule has 0 saturated heterocycles. The van der Waals surface area contributed by atoms with Crippen LogP contribution in [0.5, 0.6) is 0 Å². The van der Waals surface area contributed by atoms with Crippen molar-refractivity contribution in [3.8, 4) is 0 Å². The predicted octanol–water partition coefficient (Wildman–Crippen LogP) is 1.35. The summed E-state index contributed by atoms with van der Waals surface area (Å²) in [7, 11) is 0. The van der Waals surface area contributed by atoms with Gasteiger partial charge in [0.05, 0.1) is 6.61 Å². The molecule has 0 spiro atoms. The Balaban J connectivity index is 2.95. The molecule has 0 aromatic heterocycles. The highest BCUT2D eigenvalue weighted by Crippen LogP contribution is 2.06. The monoisotopic (exact) mass is 165 g/mol. The first kappa shape index (κ1) is 9.87. The minimum atomic E-state index is 0.155. The zero-order valence-electron chi connectivity index (χ0n) is 5.82. The molecular weight excluding hydrogens is 154 g/mol. The normalized spacial score (nSPS) is 13.0. The molecule has 0 aliphatic carbocycles. The van der Waals surface area contributed by atoms with E-state index >= 15 is 0 Å². The molecule has 60 valence electrons. The second-order valence-electron chi connectivity index (χ2n) is 2.05. The molecule has 1 unspecified atom stereocenters. The minimum absolute atomic E-state index is 0.155. The van der Waals surface area contributed by atoms with Crippen LogP contribution in [0.2, 0.25) is 0 Å².